The quantitative estimate of drug-likeness (QED) is 0.924. The second-order valence-electron chi connectivity index (χ2n) is 6.92. The predicted molar refractivity (Wildman–Crippen MR) is 93.1 cm³/mol. The molecule has 0 spiro atoms. The largest absolute Gasteiger partial charge is 0.381 e. The Kier molecular flexibility index (Phi) is 4.14. The molecule has 2 aromatic heterocycles. The van der Waals surface area contributed by atoms with E-state index in [1.807, 2.05) is 6.20 Å². The predicted octanol–water partition coefficient (Wildman–Crippen LogP) is 2.74. The van der Waals surface area contributed by atoms with Gasteiger partial charge in [0, 0.05) is 29.3 Å². The van der Waals surface area contributed by atoms with E-state index in [1.165, 1.54) is 10.6 Å². The summed E-state index contributed by atoms with van der Waals surface area (Å²) in [4.78, 5) is 18.2. The zero-order valence-electron chi connectivity index (χ0n) is 14.0. The average Bonchev–Trinajstić information content (AvgIpc) is 3.24. The molecule has 0 aromatic carbocycles. The lowest BCUT2D eigenvalue weighted by atomic mass is 10.0. The normalized spacial score (nSPS) is 19.4. The number of hydrogen-bond acceptors (Lipinski definition) is 5. The monoisotopic (exact) mass is 346 g/mol. The first kappa shape index (κ1) is 15.8. The third-order valence-electron chi connectivity index (χ3n) is 4.56. The van der Waals surface area contributed by atoms with Crippen LogP contribution in [0.3, 0.4) is 0 Å². The molecule has 24 heavy (non-hydrogen) atoms. The minimum absolute atomic E-state index is 0.0225. The molecule has 1 aliphatic heterocycles. The van der Waals surface area contributed by atoms with Crippen molar-refractivity contribution in [3.05, 3.63) is 16.8 Å². The Hall–Kier alpha value is -1.73. The molecule has 1 fully saturated rings. The van der Waals surface area contributed by atoms with Crippen molar-refractivity contribution in [2.24, 2.45) is 11.8 Å². The van der Waals surface area contributed by atoms with Gasteiger partial charge in [-0.2, -0.15) is 5.10 Å². The molecule has 3 heterocycles. The molecule has 1 atom stereocenters. The van der Waals surface area contributed by atoms with Crippen molar-refractivity contribution in [1.29, 1.82) is 0 Å². The van der Waals surface area contributed by atoms with Crippen molar-refractivity contribution < 1.29 is 9.53 Å². The van der Waals surface area contributed by atoms with Crippen molar-refractivity contribution >= 4 is 22.4 Å². The van der Waals surface area contributed by atoms with Crippen molar-refractivity contribution in [2.45, 2.75) is 39.7 Å². The Morgan fingerprint density at radius 3 is 3.12 bits per heavy atom. The number of carbonyl (C=O) groups excluding carboxylic acids is 1. The van der Waals surface area contributed by atoms with Gasteiger partial charge in [0.2, 0.25) is 5.91 Å². The zero-order chi connectivity index (χ0) is 16.7. The van der Waals surface area contributed by atoms with Gasteiger partial charge in [-0.25, -0.2) is 4.98 Å². The molecule has 1 saturated heterocycles. The van der Waals surface area contributed by atoms with Crippen LogP contribution in [0.25, 0.3) is 11.3 Å². The molecule has 128 valence electrons. The molecule has 2 aliphatic rings. The Balaban J connectivity index is 1.56. The number of carbonyl (C=O) groups is 1. The number of amides is 1. The number of hydrogen-bond donors (Lipinski definition) is 1. The number of thiazole rings is 1. The zero-order valence-corrected chi connectivity index (χ0v) is 14.9. The van der Waals surface area contributed by atoms with Gasteiger partial charge in [0.25, 0.3) is 0 Å². The summed E-state index contributed by atoms with van der Waals surface area (Å²) in [5.74, 6) is 0.541. The van der Waals surface area contributed by atoms with Gasteiger partial charge in [-0.05, 0) is 25.2 Å². The molecule has 1 amide bonds. The molecule has 7 heteroatoms. The number of nitrogens with zero attached hydrogens (tertiary/aromatic N) is 3. The van der Waals surface area contributed by atoms with Gasteiger partial charge in [0.1, 0.15) is 0 Å². The summed E-state index contributed by atoms with van der Waals surface area (Å²) in [6.45, 7) is 6.52. The van der Waals surface area contributed by atoms with E-state index < -0.39 is 0 Å². The van der Waals surface area contributed by atoms with Gasteiger partial charge in [-0.3, -0.25) is 9.48 Å². The topological polar surface area (TPSA) is 69.0 Å². The molecular weight excluding hydrogens is 324 g/mol. The van der Waals surface area contributed by atoms with E-state index in [1.54, 1.807) is 11.3 Å². The number of ether oxygens (including phenoxy) is 1. The minimum atomic E-state index is -0.0460. The molecule has 1 aliphatic carbocycles. The van der Waals surface area contributed by atoms with Crippen LogP contribution < -0.4 is 5.32 Å². The number of fused-ring (bicyclic) bond motifs is 3. The molecule has 6 nitrogen and oxygen atoms in total. The fourth-order valence-corrected chi connectivity index (χ4v) is 4.32. The van der Waals surface area contributed by atoms with Crippen LogP contribution in [0, 0.1) is 11.8 Å². The fraction of sp³-hybridized carbons (Fsp3) is 0.588. The lowest BCUT2D eigenvalue weighted by molar-refractivity contribution is -0.119. The Labute approximate surface area is 145 Å². The molecular formula is C17H22N4O2S. The molecule has 4 rings (SSSR count). The number of nitrogens with one attached hydrogen (secondary N) is 1. The molecule has 1 unspecified atom stereocenters. The van der Waals surface area contributed by atoms with Crippen molar-refractivity contribution in [3.8, 4) is 11.3 Å². The second kappa shape index (κ2) is 6.29. The number of aryl methyl sites for hydroxylation is 1. The van der Waals surface area contributed by atoms with Crippen LogP contribution in [0.2, 0.25) is 0 Å². The lowest BCUT2D eigenvalue weighted by Gasteiger charge is -2.14. The highest BCUT2D eigenvalue weighted by molar-refractivity contribution is 7.16. The third kappa shape index (κ3) is 2.86. The van der Waals surface area contributed by atoms with Gasteiger partial charge >= 0.3 is 0 Å². The van der Waals surface area contributed by atoms with E-state index in [2.05, 4.69) is 33.9 Å². The molecule has 0 radical (unpaired) electrons. The van der Waals surface area contributed by atoms with Gasteiger partial charge < -0.3 is 10.1 Å². The van der Waals surface area contributed by atoms with Crippen LogP contribution in [-0.4, -0.2) is 33.9 Å². The van der Waals surface area contributed by atoms with Crippen molar-refractivity contribution in [2.75, 3.05) is 18.5 Å². The Bertz CT molecular complexity index is 759. The van der Waals surface area contributed by atoms with E-state index in [9.17, 15) is 4.79 Å². The summed E-state index contributed by atoms with van der Waals surface area (Å²) in [6.07, 6.45) is 4.67. The van der Waals surface area contributed by atoms with Crippen LogP contribution in [0.5, 0.6) is 0 Å². The van der Waals surface area contributed by atoms with Crippen LogP contribution in [-0.2, 0) is 28.9 Å². The van der Waals surface area contributed by atoms with Crippen LogP contribution in [0.15, 0.2) is 6.20 Å². The molecule has 2 aromatic rings. The first-order chi connectivity index (χ1) is 11.6. The molecule has 1 N–H and O–H groups in total. The van der Waals surface area contributed by atoms with Crippen LogP contribution >= 0.6 is 11.3 Å². The second-order valence-corrected chi connectivity index (χ2v) is 8.01. The summed E-state index contributed by atoms with van der Waals surface area (Å²) < 4.78 is 7.40. The fourth-order valence-electron chi connectivity index (χ4n) is 3.34. The van der Waals surface area contributed by atoms with Gasteiger partial charge in [-0.1, -0.05) is 13.8 Å². The minimum Gasteiger partial charge on any atom is -0.381 e. The number of rotatable bonds is 4. The van der Waals surface area contributed by atoms with Gasteiger partial charge in [0.15, 0.2) is 5.13 Å². The lowest BCUT2D eigenvalue weighted by Crippen LogP contribution is -2.22. The summed E-state index contributed by atoms with van der Waals surface area (Å²) in [6, 6.07) is 0. The standard InChI is InChI=1S/C17H22N4O2S/c1-10(2)8-21-13-3-4-14-15(12(13)7-18-21)19-17(24-14)20-16(22)11-5-6-23-9-11/h7,10-11H,3-6,8-9H2,1-2H3,(H,19,20,22). The third-order valence-corrected chi connectivity index (χ3v) is 5.59. The van der Waals surface area contributed by atoms with Gasteiger partial charge in [0.05, 0.1) is 24.4 Å². The first-order valence-electron chi connectivity index (χ1n) is 8.55. The van der Waals surface area contributed by atoms with Crippen LogP contribution in [0.1, 0.15) is 30.8 Å². The highest BCUT2D eigenvalue weighted by Crippen LogP contribution is 2.38. The highest BCUT2D eigenvalue weighted by atomic mass is 32.1. The summed E-state index contributed by atoms with van der Waals surface area (Å²) in [5, 5.41) is 8.22. The Morgan fingerprint density at radius 1 is 1.50 bits per heavy atom. The van der Waals surface area contributed by atoms with Gasteiger partial charge in [-0.15, -0.1) is 11.3 Å². The highest BCUT2D eigenvalue weighted by Gasteiger charge is 2.27. The summed E-state index contributed by atoms with van der Waals surface area (Å²) in [5.41, 5.74) is 3.38. The molecule has 0 bridgehead atoms. The Morgan fingerprint density at radius 2 is 2.38 bits per heavy atom. The van der Waals surface area contributed by atoms with Crippen LogP contribution in [0.4, 0.5) is 5.13 Å². The van der Waals surface area contributed by atoms with Crippen molar-refractivity contribution in [1.82, 2.24) is 14.8 Å². The maximum Gasteiger partial charge on any atom is 0.231 e. The smallest absolute Gasteiger partial charge is 0.231 e. The average molecular weight is 346 g/mol. The van der Waals surface area contributed by atoms with E-state index in [0.717, 1.165) is 37.1 Å². The van der Waals surface area contributed by atoms with E-state index in [4.69, 9.17) is 4.74 Å². The van der Waals surface area contributed by atoms with E-state index in [-0.39, 0.29) is 11.8 Å². The SMILES string of the molecule is CC(C)Cn1ncc2c1CCc1sc(NC(=O)C3CCOC3)nc1-2. The summed E-state index contributed by atoms with van der Waals surface area (Å²) in [7, 11) is 0. The van der Waals surface area contributed by atoms with Crippen molar-refractivity contribution in [3.63, 3.8) is 0 Å². The van der Waals surface area contributed by atoms with E-state index in [0.29, 0.717) is 24.3 Å². The molecule has 0 saturated carbocycles. The maximum absolute atomic E-state index is 12.3. The number of anilines is 1. The van der Waals surface area contributed by atoms with E-state index >= 15 is 0 Å². The maximum atomic E-state index is 12.3. The number of aromatic nitrogens is 3. The summed E-state index contributed by atoms with van der Waals surface area (Å²) >= 11 is 1.59. The first-order valence-corrected chi connectivity index (χ1v) is 9.37.